The summed E-state index contributed by atoms with van der Waals surface area (Å²) in [4.78, 5) is 36.6. The van der Waals surface area contributed by atoms with Crippen LogP contribution in [0.3, 0.4) is 0 Å². The van der Waals surface area contributed by atoms with Crippen molar-refractivity contribution in [1.82, 2.24) is 9.96 Å². The summed E-state index contributed by atoms with van der Waals surface area (Å²) in [5, 5.41) is 11.3. The van der Waals surface area contributed by atoms with Crippen LogP contribution in [0, 0.1) is 17.3 Å². The van der Waals surface area contributed by atoms with Crippen LogP contribution in [0.15, 0.2) is 54.6 Å². The summed E-state index contributed by atoms with van der Waals surface area (Å²) in [6.45, 7) is 12.7. The summed E-state index contributed by atoms with van der Waals surface area (Å²) in [6.07, 6.45) is -0.621. The number of carbonyl (C=O) groups is 2. The van der Waals surface area contributed by atoms with Gasteiger partial charge in [0.1, 0.15) is 12.4 Å². The molecule has 38 heavy (non-hydrogen) atoms. The monoisotopic (exact) mass is 525 g/mol. The van der Waals surface area contributed by atoms with E-state index in [9.17, 15) is 14.7 Å². The van der Waals surface area contributed by atoms with Gasteiger partial charge in [-0.3, -0.25) is 9.63 Å². The quantitative estimate of drug-likeness (QED) is 0.411. The molecule has 2 atom stereocenters. The summed E-state index contributed by atoms with van der Waals surface area (Å²) in [5.74, 6) is 0.473. The van der Waals surface area contributed by atoms with Crippen LogP contribution in [0.1, 0.15) is 46.6 Å². The molecule has 1 fully saturated rings. The highest BCUT2D eigenvalue weighted by Crippen LogP contribution is 2.36. The van der Waals surface area contributed by atoms with Crippen LogP contribution in [-0.4, -0.2) is 66.4 Å². The third-order valence-electron chi connectivity index (χ3n) is 6.99. The van der Waals surface area contributed by atoms with E-state index in [-0.39, 0.29) is 18.4 Å². The number of ether oxygens (including phenoxy) is 1. The van der Waals surface area contributed by atoms with Crippen LogP contribution in [0.5, 0.6) is 5.75 Å². The Balaban J connectivity index is 1.80. The molecule has 1 heterocycles. The van der Waals surface area contributed by atoms with Gasteiger partial charge in [0, 0.05) is 31.9 Å². The Morgan fingerprint density at radius 2 is 1.58 bits per heavy atom. The predicted molar refractivity (Wildman–Crippen MR) is 149 cm³/mol. The van der Waals surface area contributed by atoms with Gasteiger partial charge in [0.15, 0.2) is 0 Å². The Kier molecular flexibility index (Phi) is 10.0. The van der Waals surface area contributed by atoms with E-state index in [2.05, 4.69) is 18.7 Å². The highest BCUT2D eigenvalue weighted by molar-refractivity contribution is 5.81. The average molecular weight is 526 g/mol. The van der Waals surface area contributed by atoms with E-state index in [4.69, 9.17) is 9.57 Å². The molecule has 8 nitrogen and oxygen atoms in total. The topological polar surface area (TPSA) is 82.5 Å². The third kappa shape index (κ3) is 7.63. The van der Waals surface area contributed by atoms with Crippen molar-refractivity contribution in [3.8, 4) is 5.75 Å². The standard InChI is InChI=1S/C30H43N3O5/c1-22(2)20-26(27(30(3,4)5)33(29(35)36)38-21-23-10-8-7-9-11-23)28(34)32-18-16-31(17-19-32)24-12-14-25(37-6)15-13-24/h7-15,22,26-27H,16-21H2,1-6H3,(H,35,36)/t26-,27?/m0/s1. The highest BCUT2D eigenvalue weighted by atomic mass is 16.7. The number of piperazine rings is 1. The van der Waals surface area contributed by atoms with Crippen LogP contribution < -0.4 is 9.64 Å². The normalized spacial score (nSPS) is 15.8. The molecule has 0 aliphatic carbocycles. The summed E-state index contributed by atoms with van der Waals surface area (Å²) < 4.78 is 5.26. The van der Waals surface area contributed by atoms with Crippen molar-refractivity contribution < 1.29 is 24.3 Å². The zero-order valence-corrected chi connectivity index (χ0v) is 23.6. The van der Waals surface area contributed by atoms with E-state index in [1.807, 2.05) is 80.3 Å². The summed E-state index contributed by atoms with van der Waals surface area (Å²) in [7, 11) is 1.65. The molecule has 2 aromatic carbocycles. The fourth-order valence-electron chi connectivity index (χ4n) is 5.18. The van der Waals surface area contributed by atoms with Crippen LogP contribution in [0.2, 0.25) is 0 Å². The zero-order chi connectivity index (χ0) is 27.9. The first kappa shape index (κ1) is 29.3. The third-order valence-corrected chi connectivity index (χ3v) is 6.99. The molecule has 208 valence electrons. The number of hydrogen-bond acceptors (Lipinski definition) is 5. The second kappa shape index (κ2) is 13.0. The molecule has 0 saturated carbocycles. The Morgan fingerprint density at radius 1 is 0.974 bits per heavy atom. The fraction of sp³-hybridized carbons (Fsp3) is 0.533. The van der Waals surface area contributed by atoms with Crippen LogP contribution in [-0.2, 0) is 16.2 Å². The first-order valence-electron chi connectivity index (χ1n) is 13.4. The van der Waals surface area contributed by atoms with Gasteiger partial charge in [0.25, 0.3) is 0 Å². The Hall–Kier alpha value is -3.26. The molecule has 1 aliphatic heterocycles. The molecule has 2 aromatic rings. The number of amides is 2. The molecule has 1 aliphatic rings. The molecule has 0 aromatic heterocycles. The maximum atomic E-state index is 14.1. The fourth-order valence-corrected chi connectivity index (χ4v) is 5.18. The van der Waals surface area contributed by atoms with Crippen molar-refractivity contribution in [2.24, 2.45) is 17.3 Å². The molecule has 2 amide bonds. The lowest BCUT2D eigenvalue weighted by molar-refractivity contribution is -0.202. The molecular formula is C30H43N3O5. The van der Waals surface area contributed by atoms with Gasteiger partial charge in [0.2, 0.25) is 5.91 Å². The van der Waals surface area contributed by atoms with Gasteiger partial charge in [-0.05, 0) is 47.6 Å². The predicted octanol–water partition coefficient (Wildman–Crippen LogP) is 5.53. The van der Waals surface area contributed by atoms with Crippen molar-refractivity contribution in [3.63, 3.8) is 0 Å². The van der Waals surface area contributed by atoms with Crippen LogP contribution >= 0.6 is 0 Å². The number of nitrogens with zero attached hydrogens (tertiary/aromatic N) is 3. The molecule has 3 rings (SSSR count). The van der Waals surface area contributed by atoms with E-state index in [1.165, 1.54) is 0 Å². The van der Waals surface area contributed by atoms with Gasteiger partial charge in [0.05, 0.1) is 19.1 Å². The molecule has 1 N–H and O–H groups in total. The van der Waals surface area contributed by atoms with Crippen molar-refractivity contribution in [2.75, 3.05) is 38.2 Å². The number of benzene rings is 2. The van der Waals surface area contributed by atoms with Crippen molar-refractivity contribution in [2.45, 2.75) is 53.7 Å². The Morgan fingerprint density at radius 3 is 2.08 bits per heavy atom. The van der Waals surface area contributed by atoms with E-state index >= 15 is 0 Å². The SMILES string of the molecule is COc1ccc(N2CCN(C(=O)[C@@H](CC(C)C)C(N(OCc3ccccc3)C(=O)O)C(C)(C)C)CC2)cc1. The number of hydroxylamine groups is 2. The second-order valence-electron chi connectivity index (χ2n) is 11.4. The van der Waals surface area contributed by atoms with Gasteiger partial charge in [-0.2, -0.15) is 5.06 Å². The van der Waals surface area contributed by atoms with Gasteiger partial charge >= 0.3 is 6.09 Å². The van der Waals surface area contributed by atoms with E-state index in [1.54, 1.807) is 7.11 Å². The summed E-state index contributed by atoms with van der Waals surface area (Å²) >= 11 is 0. The minimum Gasteiger partial charge on any atom is -0.497 e. The number of carboxylic acid groups (broad SMARTS) is 1. The largest absolute Gasteiger partial charge is 0.497 e. The molecule has 1 unspecified atom stereocenters. The lowest BCUT2D eigenvalue weighted by atomic mass is 9.75. The Labute approximate surface area is 227 Å². The number of rotatable bonds is 10. The lowest BCUT2D eigenvalue weighted by Gasteiger charge is -2.45. The molecular weight excluding hydrogens is 482 g/mol. The number of anilines is 1. The van der Waals surface area contributed by atoms with Gasteiger partial charge in [-0.15, -0.1) is 0 Å². The van der Waals surface area contributed by atoms with Crippen molar-refractivity contribution >= 4 is 17.7 Å². The first-order chi connectivity index (χ1) is 18.0. The maximum Gasteiger partial charge on any atom is 0.431 e. The van der Waals surface area contributed by atoms with Crippen molar-refractivity contribution in [3.05, 3.63) is 60.2 Å². The smallest absolute Gasteiger partial charge is 0.431 e. The molecule has 1 saturated heterocycles. The minimum atomic E-state index is -1.19. The summed E-state index contributed by atoms with van der Waals surface area (Å²) in [6, 6.07) is 16.8. The van der Waals surface area contributed by atoms with Gasteiger partial charge in [-0.1, -0.05) is 65.0 Å². The maximum absolute atomic E-state index is 14.1. The summed E-state index contributed by atoms with van der Waals surface area (Å²) in [5.41, 5.74) is 1.43. The van der Waals surface area contributed by atoms with Crippen LogP contribution in [0.4, 0.5) is 10.5 Å². The van der Waals surface area contributed by atoms with Gasteiger partial charge in [-0.25, -0.2) is 4.79 Å². The van der Waals surface area contributed by atoms with E-state index in [0.29, 0.717) is 32.6 Å². The number of hydrogen-bond donors (Lipinski definition) is 1. The van der Waals surface area contributed by atoms with Crippen molar-refractivity contribution in [1.29, 1.82) is 0 Å². The Bertz CT molecular complexity index is 1030. The number of methoxy groups -OCH3 is 1. The molecule has 0 spiro atoms. The minimum absolute atomic E-state index is 0.0115. The van der Waals surface area contributed by atoms with E-state index in [0.717, 1.165) is 22.1 Å². The second-order valence-corrected chi connectivity index (χ2v) is 11.4. The zero-order valence-electron chi connectivity index (χ0n) is 23.6. The lowest BCUT2D eigenvalue weighted by Crippen LogP contribution is -2.58. The van der Waals surface area contributed by atoms with Crippen LogP contribution in [0.25, 0.3) is 0 Å². The molecule has 8 heteroatoms. The van der Waals surface area contributed by atoms with Gasteiger partial charge < -0.3 is 19.6 Å². The van der Waals surface area contributed by atoms with E-state index < -0.39 is 23.5 Å². The molecule has 0 bridgehead atoms. The molecule has 0 radical (unpaired) electrons. The first-order valence-corrected chi connectivity index (χ1v) is 13.4. The highest BCUT2D eigenvalue weighted by Gasteiger charge is 2.45. The average Bonchev–Trinajstić information content (AvgIpc) is 2.89. The number of carbonyl (C=O) groups excluding carboxylic acids is 1.